The average molecular weight is 342 g/mol. The van der Waals surface area contributed by atoms with E-state index in [-0.39, 0.29) is 17.9 Å². The van der Waals surface area contributed by atoms with Gasteiger partial charge < -0.3 is 5.11 Å². The summed E-state index contributed by atoms with van der Waals surface area (Å²) in [6.07, 6.45) is 3.92. The van der Waals surface area contributed by atoms with Gasteiger partial charge in [-0.1, -0.05) is 11.6 Å². The van der Waals surface area contributed by atoms with Crippen molar-refractivity contribution in [3.05, 3.63) is 28.9 Å². The number of aromatic nitrogens is 2. The monoisotopic (exact) mass is 341 g/mol. The molecule has 0 radical (unpaired) electrons. The number of nitrogens with zero attached hydrogens (tertiary/aromatic N) is 1. The van der Waals surface area contributed by atoms with Crippen LogP contribution in [0.15, 0.2) is 18.3 Å². The van der Waals surface area contributed by atoms with Gasteiger partial charge in [0.25, 0.3) is 0 Å². The van der Waals surface area contributed by atoms with Crippen LogP contribution in [0.2, 0.25) is 5.02 Å². The van der Waals surface area contributed by atoms with Crippen molar-refractivity contribution < 1.29 is 13.5 Å². The van der Waals surface area contributed by atoms with Gasteiger partial charge in [0, 0.05) is 16.5 Å². The fourth-order valence-electron chi connectivity index (χ4n) is 3.91. The Hall–Kier alpha value is -1.15. The molecule has 2 aromatic rings. The lowest BCUT2D eigenvalue weighted by atomic mass is 9.86. The molecule has 4 rings (SSSR count). The first-order valence-electron chi connectivity index (χ1n) is 7.10. The van der Waals surface area contributed by atoms with E-state index in [2.05, 4.69) is 14.9 Å². The Morgan fingerprint density at radius 1 is 1.41 bits per heavy atom. The van der Waals surface area contributed by atoms with Gasteiger partial charge in [-0.15, -0.1) is 0 Å². The smallest absolute Gasteiger partial charge is 0.208 e. The molecule has 22 heavy (non-hydrogen) atoms. The van der Waals surface area contributed by atoms with Gasteiger partial charge in [0.1, 0.15) is 0 Å². The number of H-pyrrole nitrogens is 1. The number of hydrogen-bond donors (Lipinski definition) is 3. The number of halogens is 1. The maximum absolute atomic E-state index is 11.3. The molecule has 2 aliphatic rings. The molecule has 8 heteroatoms. The van der Waals surface area contributed by atoms with Crippen LogP contribution >= 0.6 is 11.6 Å². The van der Waals surface area contributed by atoms with Crippen molar-refractivity contribution >= 4 is 32.5 Å². The average Bonchev–Trinajstić information content (AvgIpc) is 2.83. The van der Waals surface area contributed by atoms with Crippen molar-refractivity contribution in [1.29, 1.82) is 0 Å². The topological polar surface area (TPSA) is 95.1 Å². The van der Waals surface area contributed by atoms with Crippen LogP contribution in [0.25, 0.3) is 10.9 Å². The summed E-state index contributed by atoms with van der Waals surface area (Å²) in [5.41, 5.74) is 0.592. The molecular formula is C14H16ClN3O3S. The number of sulfonamides is 1. The van der Waals surface area contributed by atoms with Gasteiger partial charge in [-0.2, -0.15) is 5.10 Å². The second-order valence-electron chi connectivity index (χ2n) is 6.47. The quantitative estimate of drug-likeness (QED) is 0.785. The fourth-order valence-corrected chi connectivity index (χ4v) is 4.97. The Balaban J connectivity index is 1.64. The molecule has 2 unspecified atom stereocenters. The molecule has 6 nitrogen and oxygen atoms in total. The molecule has 0 aliphatic heterocycles. The summed E-state index contributed by atoms with van der Waals surface area (Å²) in [6.45, 7) is 0. The van der Waals surface area contributed by atoms with Crippen LogP contribution in [0, 0.1) is 11.8 Å². The van der Waals surface area contributed by atoms with Crippen molar-refractivity contribution in [3.63, 3.8) is 0 Å². The van der Waals surface area contributed by atoms with E-state index < -0.39 is 15.6 Å². The number of fused-ring (bicyclic) bond motifs is 2. The first-order chi connectivity index (χ1) is 10.3. The molecular weight excluding hydrogens is 326 g/mol. The molecule has 2 saturated carbocycles. The highest BCUT2D eigenvalue weighted by Gasteiger charge is 2.62. The van der Waals surface area contributed by atoms with E-state index in [1.165, 1.54) is 6.26 Å². The van der Waals surface area contributed by atoms with Crippen LogP contribution in [0.3, 0.4) is 0 Å². The minimum Gasteiger partial charge on any atom is -0.385 e. The van der Waals surface area contributed by atoms with Gasteiger partial charge >= 0.3 is 0 Å². The number of nitrogens with one attached hydrogen (secondary N) is 2. The molecule has 3 N–H and O–H groups in total. The molecule has 1 aromatic heterocycles. The van der Waals surface area contributed by atoms with E-state index in [4.69, 9.17) is 11.6 Å². The lowest BCUT2D eigenvalue weighted by Gasteiger charge is -2.27. The van der Waals surface area contributed by atoms with E-state index in [1.54, 1.807) is 18.3 Å². The van der Waals surface area contributed by atoms with Crippen LogP contribution in [0.5, 0.6) is 0 Å². The molecule has 2 aliphatic carbocycles. The zero-order valence-electron chi connectivity index (χ0n) is 11.9. The highest BCUT2D eigenvalue weighted by Crippen LogP contribution is 2.60. The van der Waals surface area contributed by atoms with E-state index >= 15 is 0 Å². The summed E-state index contributed by atoms with van der Waals surface area (Å²) >= 11 is 6.13. The van der Waals surface area contributed by atoms with Crippen LogP contribution in [-0.4, -0.2) is 36.0 Å². The van der Waals surface area contributed by atoms with E-state index in [0.29, 0.717) is 17.9 Å². The lowest BCUT2D eigenvalue weighted by Crippen LogP contribution is -2.32. The van der Waals surface area contributed by atoms with Gasteiger partial charge in [0.05, 0.1) is 23.6 Å². The Bertz CT molecular complexity index is 851. The third-order valence-electron chi connectivity index (χ3n) is 4.85. The first-order valence-corrected chi connectivity index (χ1v) is 9.37. The van der Waals surface area contributed by atoms with Crippen LogP contribution in [0.1, 0.15) is 18.4 Å². The molecule has 0 amide bonds. The molecule has 1 aromatic carbocycles. The number of benzene rings is 1. The third-order valence-corrected chi connectivity index (χ3v) is 5.77. The largest absolute Gasteiger partial charge is 0.385 e. The van der Waals surface area contributed by atoms with Gasteiger partial charge in [-0.25, -0.2) is 13.1 Å². The normalized spacial score (nSPS) is 34.0. The Morgan fingerprint density at radius 3 is 2.73 bits per heavy atom. The van der Waals surface area contributed by atoms with Crippen molar-refractivity contribution in [3.8, 4) is 0 Å². The first kappa shape index (κ1) is 14.4. The zero-order chi connectivity index (χ0) is 15.7. The minimum atomic E-state index is -3.21. The maximum atomic E-state index is 11.3. The van der Waals surface area contributed by atoms with E-state index in [0.717, 1.165) is 16.5 Å². The molecule has 2 fully saturated rings. The predicted molar refractivity (Wildman–Crippen MR) is 83.0 cm³/mol. The maximum Gasteiger partial charge on any atom is 0.208 e. The number of aliphatic hydroxyl groups is 1. The highest BCUT2D eigenvalue weighted by atomic mass is 35.5. The van der Waals surface area contributed by atoms with Crippen LogP contribution in [-0.2, 0) is 15.6 Å². The van der Waals surface area contributed by atoms with Gasteiger partial charge in [-0.05, 0) is 42.4 Å². The van der Waals surface area contributed by atoms with Crippen LogP contribution < -0.4 is 4.72 Å². The minimum absolute atomic E-state index is 0.0469. The molecule has 118 valence electrons. The SMILES string of the molecule is CS(=O)(=O)NC1[C@H]2CC(O)(c3cc(Cl)cc4[nH]ncc34)C[C@@H]12. The second kappa shape index (κ2) is 4.44. The highest BCUT2D eigenvalue weighted by molar-refractivity contribution is 7.88. The summed E-state index contributed by atoms with van der Waals surface area (Å²) in [6, 6.07) is 3.51. The number of aromatic amines is 1. The fraction of sp³-hybridized carbons (Fsp3) is 0.500. The molecule has 0 bridgehead atoms. The van der Waals surface area contributed by atoms with E-state index in [9.17, 15) is 13.5 Å². The standard InChI is InChI=1S/C14H16ClN3O3S/c1-22(20,21)18-13-8-4-14(19,5-9(8)13)11-2-7(15)3-12-10(11)6-16-17-12/h2-3,6,8-9,13,18-19H,4-5H2,1H3,(H,16,17)/t8-,9+,13?,14?. The molecule has 0 spiro atoms. The summed E-state index contributed by atoms with van der Waals surface area (Å²) in [4.78, 5) is 0. The van der Waals surface area contributed by atoms with Gasteiger partial charge in [0.15, 0.2) is 0 Å². The summed E-state index contributed by atoms with van der Waals surface area (Å²) in [5.74, 6) is 0.362. The van der Waals surface area contributed by atoms with E-state index in [1.807, 2.05) is 0 Å². The Kier molecular flexibility index (Phi) is 2.92. The Morgan fingerprint density at radius 2 is 2.09 bits per heavy atom. The van der Waals surface area contributed by atoms with Crippen molar-refractivity contribution in [1.82, 2.24) is 14.9 Å². The van der Waals surface area contributed by atoms with Crippen molar-refractivity contribution in [2.45, 2.75) is 24.5 Å². The summed E-state index contributed by atoms with van der Waals surface area (Å²) in [7, 11) is -3.21. The van der Waals surface area contributed by atoms with Gasteiger partial charge in [0.2, 0.25) is 10.0 Å². The number of hydrogen-bond acceptors (Lipinski definition) is 4. The molecule has 4 atom stereocenters. The third kappa shape index (κ3) is 2.23. The zero-order valence-corrected chi connectivity index (χ0v) is 13.4. The summed E-state index contributed by atoms with van der Waals surface area (Å²) in [5, 5.41) is 19.3. The molecule has 0 saturated heterocycles. The van der Waals surface area contributed by atoms with Crippen molar-refractivity contribution in [2.75, 3.05) is 6.26 Å². The number of rotatable bonds is 3. The second-order valence-corrected chi connectivity index (χ2v) is 8.68. The van der Waals surface area contributed by atoms with Gasteiger partial charge in [-0.3, -0.25) is 5.10 Å². The van der Waals surface area contributed by atoms with Crippen LogP contribution in [0.4, 0.5) is 0 Å². The van der Waals surface area contributed by atoms with Crippen molar-refractivity contribution in [2.24, 2.45) is 11.8 Å². The lowest BCUT2D eigenvalue weighted by molar-refractivity contribution is 0.0303. The molecule has 1 heterocycles. The predicted octanol–water partition coefficient (Wildman–Crippen LogP) is 1.36. The summed E-state index contributed by atoms with van der Waals surface area (Å²) < 4.78 is 25.3. The Labute approximate surface area is 132 Å².